The summed E-state index contributed by atoms with van der Waals surface area (Å²) in [5.41, 5.74) is 12.7. The van der Waals surface area contributed by atoms with E-state index in [0.29, 0.717) is 0 Å². The van der Waals surface area contributed by atoms with E-state index in [1.165, 1.54) is 0 Å². The number of rotatable bonds is 6. The summed E-state index contributed by atoms with van der Waals surface area (Å²) < 4.78 is 5.78. The molecule has 1 spiro atoms. The van der Waals surface area contributed by atoms with Crippen molar-refractivity contribution in [1.29, 1.82) is 0 Å². The first-order chi connectivity index (χ1) is 19.3. The lowest BCUT2D eigenvalue weighted by Gasteiger charge is -2.46. The molecule has 2 aromatic rings. The number of carbonyl (C=O) groups excluding carboxylic acids is 3. The molecule has 13 nitrogen and oxygen atoms in total. The molecule has 40 heavy (non-hydrogen) atoms. The summed E-state index contributed by atoms with van der Waals surface area (Å²) in [5.74, 6) is -0.500. The van der Waals surface area contributed by atoms with Gasteiger partial charge in [-0.05, 0) is 11.1 Å². The van der Waals surface area contributed by atoms with Gasteiger partial charge in [-0.15, -0.1) is 0 Å². The predicted molar refractivity (Wildman–Crippen MR) is 143 cm³/mol. The summed E-state index contributed by atoms with van der Waals surface area (Å²) >= 11 is 0. The Labute approximate surface area is 229 Å². The molecule has 3 amide bonds. The van der Waals surface area contributed by atoms with Crippen molar-refractivity contribution in [2.75, 3.05) is 13.1 Å². The van der Waals surface area contributed by atoms with Gasteiger partial charge < -0.3 is 36.8 Å². The Morgan fingerprint density at radius 1 is 1.05 bits per heavy atom. The summed E-state index contributed by atoms with van der Waals surface area (Å²) in [5, 5.41) is 17.5. The zero-order valence-electron chi connectivity index (χ0n) is 21.5. The number of hydrogen-bond donors (Lipinski definition) is 5. The molecule has 208 valence electrons. The van der Waals surface area contributed by atoms with E-state index in [0.717, 1.165) is 16.0 Å². The molecule has 0 saturated carbocycles. The van der Waals surface area contributed by atoms with Gasteiger partial charge in [-0.2, -0.15) is 0 Å². The van der Waals surface area contributed by atoms with Gasteiger partial charge in [-0.3, -0.25) is 14.5 Å². The average Bonchev–Trinajstić information content (AvgIpc) is 3.57. The van der Waals surface area contributed by atoms with Crippen LogP contribution in [0.3, 0.4) is 0 Å². The SMILES string of the molecule is NC1=NC2[C@H](CN3C(=O)CCC3=O)N=C(N)N3C[C@H](OC(=O)NC(c4ccccc4)c4ccccc4)[C@@H](O)C23N1. The third kappa shape index (κ3) is 4.18. The summed E-state index contributed by atoms with van der Waals surface area (Å²) in [7, 11) is 0. The molecule has 2 fully saturated rings. The topological polar surface area (TPSA) is 188 Å². The predicted octanol–water partition coefficient (Wildman–Crippen LogP) is -0.624. The summed E-state index contributed by atoms with van der Waals surface area (Å²) in [4.78, 5) is 49.5. The van der Waals surface area contributed by atoms with E-state index in [1.54, 1.807) is 4.90 Å². The monoisotopic (exact) mass is 546 g/mol. The van der Waals surface area contributed by atoms with Gasteiger partial charge in [0, 0.05) is 12.8 Å². The number of aliphatic hydroxyl groups is 1. The van der Waals surface area contributed by atoms with E-state index in [9.17, 15) is 19.5 Å². The molecule has 0 bridgehead atoms. The number of nitrogens with zero attached hydrogens (tertiary/aromatic N) is 4. The van der Waals surface area contributed by atoms with Gasteiger partial charge in [0.25, 0.3) is 0 Å². The van der Waals surface area contributed by atoms with Crippen molar-refractivity contribution in [3.05, 3.63) is 71.8 Å². The van der Waals surface area contributed by atoms with Crippen molar-refractivity contribution in [1.82, 2.24) is 20.4 Å². The number of benzene rings is 2. The van der Waals surface area contributed by atoms with Crippen LogP contribution < -0.4 is 22.1 Å². The van der Waals surface area contributed by atoms with Crippen LogP contribution in [0.2, 0.25) is 0 Å². The minimum Gasteiger partial charge on any atom is -0.441 e. The molecule has 4 aliphatic rings. The Hall–Kier alpha value is -4.65. The van der Waals surface area contributed by atoms with E-state index in [2.05, 4.69) is 20.6 Å². The number of ether oxygens (including phenoxy) is 1. The molecule has 2 saturated heterocycles. The van der Waals surface area contributed by atoms with Crippen LogP contribution in [-0.2, 0) is 14.3 Å². The van der Waals surface area contributed by atoms with Gasteiger partial charge >= 0.3 is 6.09 Å². The number of aliphatic imine (C=N–C) groups is 2. The number of amides is 3. The molecule has 4 aliphatic heterocycles. The van der Waals surface area contributed by atoms with Gasteiger partial charge in [-0.25, -0.2) is 14.8 Å². The number of nitrogens with two attached hydrogens (primary N) is 2. The maximum atomic E-state index is 13.2. The highest BCUT2D eigenvalue weighted by Crippen LogP contribution is 2.41. The second kappa shape index (κ2) is 9.83. The Balaban J connectivity index is 1.23. The zero-order valence-corrected chi connectivity index (χ0v) is 21.5. The fourth-order valence-electron chi connectivity index (χ4n) is 6.08. The molecule has 13 heteroatoms. The van der Waals surface area contributed by atoms with E-state index >= 15 is 0 Å². The first-order valence-corrected chi connectivity index (χ1v) is 13.1. The standard InChI is InChI=1S/C27H30N8O5/c28-24-32-22-17(13-34-19(36)11-12-20(34)37)30-25(29)35-14-18(23(38)27(22,35)33-24)40-26(39)31-21(15-7-3-1-4-8-15)16-9-5-2-6-10-16/h1-10,17-18,21-23,38H,11-14H2,(H2,29,30)(H,31,39)(H3,28,32,33)/t17-,18-,22?,23+,27?/m0/s1. The van der Waals surface area contributed by atoms with Crippen molar-refractivity contribution in [2.45, 2.75) is 48.8 Å². The van der Waals surface area contributed by atoms with Crippen LogP contribution in [0.15, 0.2) is 70.6 Å². The van der Waals surface area contributed by atoms with Crippen LogP contribution in [-0.4, -0.2) is 87.8 Å². The number of likely N-dealkylation sites (tertiary alicyclic amines) is 1. The molecule has 4 heterocycles. The number of nitrogens with one attached hydrogen (secondary N) is 2. The highest BCUT2D eigenvalue weighted by atomic mass is 16.6. The van der Waals surface area contributed by atoms with Crippen molar-refractivity contribution < 1.29 is 24.2 Å². The first-order valence-electron chi connectivity index (χ1n) is 13.1. The summed E-state index contributed by atoms with van der Waals surface area (Å²) in [6.45, 7) is -0.0303. The van der Waals surface area contributed by atoms with Gasteiger partial charge in [0.2, 0.25) is 11.8 Å². The van der Waals surface area contributed by atoms with Crippen molar-refractivity contribution >= 4 is 29.8 Å². The molecule has 2 aromatic carbocycles. The second-order valence-corrected chi connectivity index (χ2v) is 10.3. The molecule has 6 rings (SSSR count). The van der Waals surface area contributed by atoms with Gasteiger partial charge in [0.1, 0.15) is 12.1 Å². The molecule has 0 aliphatic carbocycles. The fraction of sp³-hybridized carbons (Fsp3) is 0.370. The summed E-state index contributed by atoms with van der Waals surface area (Å²) in [6, 6.07) is 16.9. The third-order valence-electron chi connectivity index (χ3n) is 7.92. The van der Waals surface area contributed by atoms with E-state index in [1.807, 2.05) is 60.7 Å². The number of aliphatic hydroxyl groups excluding tert-OH is 1. The van der Waals surface area contributed by atoms with E-state index < -0.39 is 42.1 Å². The number of imide groups is 1. The molecule has 0 aromatic heterocycles. The second-order valence-electron chi connectivity index (χ2n) is 10.3. The van der Waals surface area contributed by atoms with Gasteiger partial charge in [0.15, 0.2) is 23.7 Å². The largest absolute Gasteiger partial charge is 0.441 e. The Morgan fingerprint density at radius 2 is 1.65 bits per heavy atom. The highest BCUT2D eigenvalue weighted by molar-refractivity contribution is 6.02. The lowest BCUT2D eigenvalue weighted by molar-refractivity contribution is -0.139. The lowest BCUT2D eigenvalue weighted by atomic mass is 9.88. The van der Waals surface area contributed by atoms with Crippen LogP contribution in [0.1, 0.15) is 30.0 Å². The molecule has 0 radical (unpaired) electrons. The van der Waals surface area contributed by atoms with E-state index in [4.69, 9.17) is 16.2 Å². The van der Waals surface area contributed by atoms with Crippen LogP contribution in [0, 0.1) is 0 Å². The van der Waals surface area contributed by atoms with Crippen LogP contribution >= 0.6 is 0 Å². The van der Waals surface area contributed by atoms with Crippen LogP contribution in [0.4, 0.5) is 4.79 Å². The molecular weight excluding hydrogens is 516 g/mol. The highest BCUT2D eigenvalue weighted by Gasteiger charge is 2.66. The lowest BCUT2D eigenvalue weighted by Crippen LogP contribution is -2.73. The average molecular weight is 547 g/mol. The molecule has 7 N–H and O–H groups in total. The van der Waals surface area contributed by atoms with Gasteiger partial charge in [-0.1, -0.05) is 60.7 Å². The maximum absolute atomic E-state index is 13.2. The fourth-order valence-corrected chi connectivity index (χ4v) is 6.08. The Bertz CT molecular complexity index is 1330. The zero-order chi connectivity index (χ0) is 28.0. The first kappa shape index (κ1) is 25.6. The number of guanidine groups is 2. The maximum Gasteiger partial charge on any atom is 0.408 e. The van der Waals surface area contributed by atoms with Crippen molar-refractivity contribution in [3.8, 4) is 0 Å². The van der Waals surface area contributed by atoms with Crippen LogP contribution in [0.25, 0.3) is 0 Å². The van der Waals surface area contributed by atoms with E-state index in [-0.39, 0.29) is 49.7 Å². The quantitative estimate of drug-likeness (QED) is 0.294. The normalized spacial score (nSPS) is 29.1. The smallest absolute Gasteiger partial charge is 0.408 e. The van der Waals surface area contributed by atoms with Crippen molar-refractivity contribution in [2.24, 2.45) is 21.5 Å². The minimum atomic E-state index is -1.37. The third-order valence-corrected chi connectivity index (χ3v) is 7.92. The Morgan fingerprint density at radius 3 is 2.25 bits per heavy atom. The Kier molecular flexibility index (Phi) is 6.29. The van der Waals surface area contributed by atoms with Gasteiger partial charge in [0.05, 0.1) is 25.2 Å². The number of hydrogen-bond acceptors (Lipinski definition) is 11. The number of carbonyl (C=O) groups is 3. The summed E-state index contributed by atoms with van der Waals surface area (Å²) in [6.07, 6.45) is -2.80. The van der Waals surface area contributed by atoms with Crippen LogP contribution in [0.5, 0.6) is 0 Å². The molecule has 2 unspecified atom stereocenters. The minimum absolute atomic E-state index is 0.0197. The molecule has 5 atom stereocenters. The van der Waals surface area contributed by atoms with Crippen molar-refractivity contribution in [3.63, 3.8) is 0 Å². The number of alkyl carbamates (subject to hydrolysis) is 1. The molecular formula is C27H30N8O5.